The molecule has 1 aliphatic rings. The first-order valence-electron chi connectivity index (χ1n) is 4.67. The van der Waals surface area contributed by atoms with Crippen LogP contribution in [0.2, 0.25) is 0 Å². The Kier molecular flexibility index (Phi) is 2.89. The van der Waals surface area contributed by atoms with Crippen molar-refractivity contribution in [2.24, 2.45) is 5.92 Å². The van der Waals surface area contributed by atoms with Gasteiger partial charge in [-0.15, -0.1) is 11.3 Å². The molecule has 1 N–H and O–H groups in total. The van der Waals surface area contributed by atoms with Gasteiger partial charge in [-0.25, -0.2) is 4.98 Å². The van der Waals surface area contributed by atoms with Crippen molar-refractivity contribution >= 4 is 32.4 Å². The smallest absolute Gasteiger partial charge is 0.183 e. The van der Waals surface area contributed by atoms with Crippen LogP contribution in [0.5, 0.6) is 0 Å². The van der Waals surface area contributed by atoms with E-state index in [1.807, 2.05) is 5.38 Å². The average molecular weight is 261 g/mol. The summed E-state index contributed by atoms with van der Waals surface area (Å²) in [6.45, 7) is 2.25. The van der Waals surface area contributed by atoms with Crippen molar-refractivity contribution in [3.05, 3.63) is 9.98 Å². The highest BCUT2D eigenvalue weighted by molar-refractivity contribution is 9.10. The maximum atomic E-state index is 4.31. The second-order valence-corrected chi connectivity index (χ2v) is 5.18. The Balaban J connectivity index is 1.81. The first kappa shape index (κ1) is 9.46. The summed E-state index contributed by atoms with van der Waals surface area (Å²) in [6, 6.07) is 0.693. The van der Waals surface area contributed by atoms with Crippen LogP contribution in [-0.4, -0.2) is 11.0 Å². The average Bonchev–Trinajstić information content (AvgIpc) is 2.66. The van der Waals surface area contributed by atoms with E-state index in [9.17, 15) is 0 Å². The Bertz CT molecular complexity index is 287. The molecular formula is C9H13BrN2S. The van der Waals surface area contributed by atoms with Gasteiger partial charge in [0.15, 0.2) is 5.13 Å². The third kappa shape index (κ3) is 2.44. The standard InChI is InChI=1S/C9H13BrN2S/c1-2-3-6-4-7(6)11-9-12-8(10)5-13-9/h5-7H,2-4H2,1H3,(H,11,12). The Morgan fingerprint density at radius 2 is 2.62 bits per heavy atom. The molecule has 2 rings (SSSR count). The number of thiazole rings is 1. The van der Waals surface area contributed by atoms with Crippen LogP contribution in [0.4, 0.5) is 5.13 Å². The number of aromatic nitrogens is 1. The summed E-state index contributed by atoms with van der Waals surface area (Å²) in [5.41, 5.74) is 0. The van der Waals surface area contributed by atoms with Crippen LogP contribution in [0.3, 0.4) is 0 Å². The van der Waals surface area contributed by atoms with Crippen molar-refractivity contribution < 1.29 is 0 Å². The van der Waals surface area contributed by atoms with E-state index in [4.69, 9.17) is 0 Å². The van der Waals surface area contributed by atoms with Crippen molar-refractivity contribution in [1.29, 1.82) is 0 Å². The lowest BCUT2D eigenvalue weighted by atomic mass is 10.2. The monoisotopic (exact) mass is 260 g/mol. The van der Waals surface area contributed by atoms with E-state index in [0.29, 0.717) is 6.04 Å². The van der Waals surface area contributed by atoms with E-state index >= 15 is 0 Å². The zero-order valence-electron chi connectivity index (χ0n) is 7.59. The van der Waals surface area contributed by atoms with Gasteiger partial charge in [-0.3, -0.25) is 0 Å². The normalized spacial score (nSPS) is 26.0. The fourth-order valence-electron chi connectivity index (χ4n) is 1.59. The predicted octanol–water partition coefficient (Wildman–Crippen LogP) is 3.51. The summed E-state index contributed by atoms with van der Waals surface area (Å²) < 4.78 is 0.938. The van der Waals surface area contributed by atoms with Crippen molar-refractivity contribution in [2.45, 2.75) is 32.2 Å². The van der Waals surface area contributed by atoms with E-state index in [1.165, 1.54) is 19.3 Å². The lowest BCUT2D eigenvalue weighted by molar-refractivity contribution is 0.692. The number of hydrogen-bond donors (Lipinski definition) is 1. The molecule has 0 amide bonds. The lowest BCUT2D eigenvalue weighted by Gasteiger charge is -1.99. The van der Waals surface area contributed by atoms with Crippen molar-refractivity contribution in [3.63, 3.8) is 0 Å². The number of nitrogens with zero attached hydrogens (tertiary/aromatic N) is 1. The molecule has 1 aromatic rings. The minimum Gasteiger partial charge on any atom is -0.358 e. The van der Waals surface area contributed by atoms with Crippen LogP contribution < -0.4 is 5.32 Å². The van der Waals surface area contributed by atoms with Gasteiger partial charge in [0.25, 0.3) is 0 Å². The summed E-state index contributed by atoms with van der Waals surface area (Å²) in [5.74, 6) is 0.896. The predicted molar refractivity (Wildman–Crippen MR) is 60.2 cm³/mol. The van der Waals surface area contributed by atoms with E-state index in [0.717, 1.165) is 15.7 Å². The molecule has 2 atom stereocenters. The lowest BCUT2D eigenvalue weighted by Crippen LogP contribution is -2.03. The van der Waals surface area contributed by atoms with Gasteiger partial charge in [0.1, 0.15) is 4.60 Å². The first-order valence-corrected chi connectivity index (χ1v) is 6.34. The van der Waals surface area contributed by atoms with Gasteiger partial charge < -0.3 is 5.32 Å². The number of rotatable bonds is 4. The van der Waals surface area contributed by atoms with Crippen LogP contribution in [-0.2, 0) is 0 Å². The topological polar surface area (TPSA) is 24.9 Å². The number of halogens is 1. The SMILES string of the molecule is CCCC1CC1Nc1nc(Br)cs1. The number of hydrogen-bond acceptors (Lipinski definition) is 3. The molecule has 0 spiro atoms. The van der Waals surface area contributed by atoms with Crippen LogP contribution in [0.15, 0.2) is 9.98 Å². The van der Waals surface area contributed by atoms with Crippen molar-refractivity contribution in [3.8, 4) is 0 Å². The van der Waals surface area contributed by atoms with E-state index < -0.39 is 0 Å². The molecule has 72 valence electrons. The van der Waals surface area contributed by atoms with Crippen molar-refractivity contribution in [2.75, 3.05) is 5.32 Å². The minimum absolute atomic E-state index is 0.693. The van der Waals surface area contributed by atoms with Crippen LogP contribution in [0, 0.1) is 5.92 Å². The van der Waals surface area contributed by atoms with Gasteiger partial charge in [0, 0.05) is 11.4 Å². The van der Waals surface area contributed by atoms with Crippen LogP contribution >= 0.6 is 27.3 Å². The summed E-state index contributed by atoms with van der Waals surface area (Å²) in [6.07, 6.45) is 3.97. The van der Waals surface area contributed by atoms with Crippen LogP contribution in [0.25, 0.3) is 0 Å². The molecule has 1 saturated carbocycles. The highest BCUT2D eigenvalue weighted by Gasteiger charge is 2.36. The quantitative estimate of drug-likeness (QED) is 0.897. The molecule has 0 bridgehead atoms. The van der Waals surface area contributed by atoms with Crippen LogP contribution in [0.1, 0.15) is 26.2 Å². The summed E-state index contributed by atoms with van der Waals surface area (Å²) in [4.78, 5) is 4.31. The number of anilines is 1. The molecule has 4 heteroatoms. The molecule has 1 fully saturated rings. The molecule has 1 aromatic heterocycles. The molecule has 2 nitrogen and oxygen atoms in total. The Labute approximate surface area is 90.9 Å². The number of nitrogens with one attached hydrogen (secondary N) is 1. The maximum Gasteiger partial charge on any atom is 0.183 e. The molecule has 1 heterocycles. The zero-order chi connectivity index (χ0) is 9.26. The second kappa shape index (κ2) is 3.96. The van der Waals surface area contributed by atoms with Gasteiger partial charge in [-0.1, -0.05) is 13.3 Å². The Morgan fingerprint density at radius 1 is 1.77 bits per heavy atom. The fourth-order valence-corrected chi connectivity index (χ4v) is 2.80. The van der Waals surface area contributed by atoms with Gasteiger partial charge in [-0.05, 0) is 34.7 Å². The molecular weight excluding hydrogens is 248 g/mol. The summed E-state index contributed by atoms with van der Waals surface area (Å²) in [7, 11) is 0. The fraction of sp³-hybridized carbons (Fsp3) is 0.667. The minimum atomic E-state index is 0.693. The first-order chi connectivity index (χ1) is 6.29. The molecule has 2 unspecified atom stereocenters. The molecule has 0 aromatic carbocycles. The highest BCUT2D eigenvalue weighted by Crippen LogP contribution is 2.37. The summed E-state index contributed by atoms with van der Waals surface area (Å²) >= 11 is 5.02. The van der Waals surface area contributed by atoms with Gasteiger partial charge >= 0.3 is 0 Å². The van der Waals surface area contributed by atoms with Gasteiger partial charge in [0.2, 0.25) is 0 Å². The zero-order valence-corrected chi connectivity index (χ0v) is 9.99. The molecule has 0 aliphatic heterocycles. The highest BCUT2D eigenvalue weighted by atomic mass is 79.9. The van der Waals surface area contributed by atoms with Gasteiger partial charge in [0.05, 0.1) is 0 Å². The largest absolute Gasteiger partial charge is 0.358 e. The van der Waals surface area contributed by atoms with E-state index in [2.05, 4.69) is 33.2 Å². The maximum absolute atomic E-state index is 4.31. The molecule has 13 heavy (non-hydrogen) atoms. The third-order valence-electron chi connectivity index (χ3n) is 2.37. The van der Waals surface area contributed by atoms with E-state index in [1.54, 1.807) is 11.3 Å². The van der Waals surface area contributed by atoms with E-state index in [-0.39, 0.29) is 0 Å². The molecule has 0 radical (unpaired) electrons. The van der Waals surface area contributed by atoms with Gasteiger partial charge in [-0.2, -0.15) is 0 Å². The second-order valence-electron chi connectivity index (χ2n) is 3.51. The third-order valence-corrected chi connectivity index (χ3v) is 3.85. The Morgan fingerprint density at radius 3 is 3.23 bits per heavy atom. The Hall–Kier alpha value is -0.0900. The summed E-state index contributed by atoms with van der Waals surface area (Å²) in [5, 5.41) is 6.51. The molecule has 1 aliphatic carbocycles. The molecule has 0 saturated heterocycles. The van der Waals surface area contributed by atoms with Crippen molar-refractivity contribution in [1.82, 2.24) is 4.98 Å².